The van der Waals surface area contributed by atoms with Gasteiger partial charge in [0.05, 0.1) is 0 Å². The van der Waals surface area contributed by atoms with Crippen LogP contribution in [0.3, 0.4) is 0 Å². The largest absolute Gasteiger partial charge is 0.472 e. The summed E-state index contributed by atoms with van der Waals surface area (Å²) in [5, 5.41) is 4.01. The van der Waals surface area contributed by atoms with E-state index in [1.807, 2.05) is 19.1 Å². The Kier molecular flexibility index (Phi) is 4.67. The zero-order valence-electron chi connectivity index (χ0n) is 10.8. The van der Waals surface area contributed by atoms with E-state index in [-0.39, 0.29) is 11.3 Å². The number of rotatable bonds is 5. The van der Waals surface area contributed by atoms with E-state index in [2.05, 4.69) is 40.4 Å². The van der Waals surface area contributed by atoms with Crippen molar-refractivity contribution in [1.82, 2.24) is 9.19 Å². The van der Waals surface area contributed by atoms with Gasteiger partial charge in [-0.1, -0.05) is 30.4 Å². The summed E-state index contributed by atoms with van der Waals surface area (Å²) in [5.41, 5.74) is 3.13. The number of hydrogen-bond acceptors (Lipinski definition) is 4. The van der Waals surface area contributed by atoms with Gasteiger partial charge in [-0.3, -0.25) is 4.79 Å². The minimum absolute atomic E-state index is 0.182. The van der Waals surface area contributed by atoms with Crippen LogP contribution in [-0.2, 0) is 6.61 Å². The predicted molar refractivity (Wildman–Crippen MR) is 85.4 cm³/mol. The average molecular weight is 353 g/mol. The van der Waals surface area contributed by atoms with E-state index in [1.165, 1.54) is 4.09 Å². The van der Waals surface area contributed by atoms with E-state index in [4.69, 9.17) is 4.74 Å². The monoisotopic (exact) mass is 352 g/mol. The molecular formula is C14H13BrN2O2S. The van der Waals surface area contributed by atoms with Crippen molar-refractivity contribution in [2.75, 3.05) is 0 Å². The number of aromatic nitrogens is 2. The first-order chi connectivity index (χ1) is 9.49. The molecule has 0 saturated carbocycles. The Balaban J connectivity index is 2.32. The van der Waals surface area contributed by atoms with E-state index >= 15 is 0 Å². The third-order valence-corrected chi connectivity index (χ3v) is 3.41. The van der Waals surface area contributed by atoms with Gasteiger partial charge < -0.3 is 4.74 Å². The fourth-order valence-corrected chi connectivity index (χ4v) is 2.37. The molecule has 0 aliphatic heterocycles. The quantitative estimate of drug-likeness (QED) is 0.658. The van der Waals surface area contributed by atoms with Crippen LogP contribution in [0.4, 0.5) is 0 Å². The number of allylic oxidation sites excluding steroid dienone is 1. The van der Waals surface area contributed by atoms with Gasteiger partial charge in [-0.2, -0.15) is 0 Å². The molecule has 0 radical (unpaired) electrons. The van der Waals surface area contributed by atoms with E-state index in [1.54, 1.807) is 18.3 Å². The summed E-state index contributed by atoms with van der Waals surface area (Å²) in [6.45, 7) is 6.06. The maximum absolute atomic E-state index is 11.7. The van der Waals surface area contributed by atoms with Crippen molar-refractivity contribution in [3.63, 3.8) is 0 Å². The SMILES string of the molecule is C=C(C)c1cccc(C(=O)Br)c1COc1ccn(S)n1. The van der Waals surface area contributed by atoms with Gasteiger partial charge in [-0.15, -0.1) is 5.10 Å². The molecule has 0 fully saturated rings. The van der Waals surface area contributed by atoms with Crippen LogP contribution in [0, 0.1) is 0 Å². The number of hydrogen-bond donors (Lipinski definition) is 1. The van der Waals surface area contributed by atoms with Gasteiger partial charge in [0.1, 0.15) is 6.61 Å². The lowest BCUT2D eigenvalue weighted by molar-refractivity contribution is 0.109. The highest BCUT2D eigenvalue weighted by atomic mass is 79.9. The third-order valence-electron chi connectivity index (χ3n) is 2.76. The van der Waals surface area contributed by atoms with E-state index in [0.717, 1.165) is 16.7 Å². The maximum Gasteiger partial charge on any atom is 0.234 e. The highest BCUT2D eigenvalue weighted by Gasteiger charge is 2.14. The number of halogens is 1. The number of carbonyl (C=O) groups is 1. The first-order valence-corrected chi connectivity index (χ1v) is 7.03. The Morgan fingerprint density at radius 2 is 2.15 bits per heavy atom. The smallest absolute Gasteiger partial charge is 0.234 e. The molecule has 0 spiro atoms. The van der Waals surface area contributed by atoms with Gasteiger partial charge in [0, 0.05) is 23.4 Å². The summed E-state index contributed by atoms with van der Waals surface area (Å²) >= 11 is 7.03. The topological polar surface area (TPSA) is 44.1 Å². The van der Waals surface area contributed by atoms with Gasteiger partial charge in [0.2, 0.25) is 10.6 Å². The number of nitrogens with zero attached hydrogens (tertiary/aromatic N) is 2. The minimum Gasteiger partial charge on any atom is -0.472 e. The molecule has 6 heteroatoms. The Hall–Kier alpha value is -1.53. The molecule has 0 atom stereocenters. The van der Waals surface area contributed by atoms with Crippen LogP contribution < -0.4 is 4.74 Å². The Bertz CT molecular complexity index is 635. The third kappa shape index (κ3) is 3.32. The van der Waals surface area contributed by atoms with E-state index in [0.29, 0.717) is 11.4 Å². The van der Waals surface area contributed by atoms with Crippen LogP contribution in [0.25, 0.3) is 5.57 Å². The molecule has 1 aromatic heterocycles. The summed E-state index contributed by atoms with van der Waals surface area (Å²) in [5.74, 6) is 0.449. The summed E-state index contributed by atoms with van der Waals surface area (Å²) in [4.78, 5) is 11.7. The summed E-state index contributed by atoms with van der Waals surface area (Å²) in [7, 11) is 0. The minimum atomic E-state index is -0.182. The number of benzene rings is 1. The van der Waals surface area contributed by atoms with Crippen molar-refractivity contribution in [2.45, 2.75) is 13.5 Å². The summed E-state index contributed by atoms with van der Waals surface area (Å²) < 4.78 is 6.78. The number of carbonyl (C=O) groups excluding carboxylic acids is 1. The molecule has 0 saturated heterocycles. The van der Waals surface area contributed by atoms with Crippen molar-refractivity contribution in [3.8, 4) is 5.88 Å². The average Bonchev–Trinajstić information content (AvgIpc) is 2.81. The van der Waals surface area contributed by atoms with Gasteiger partial charge in [0.25, 0.3) is 0 Å². The molecule has 0 aliphatic carbocycles. The molecule has 4 nitrogen and oxygen atoms in total. The van der Waals surface area contributed by atoms with Crippen LogP contribution in [0.1, 0.15) is 28.4 Å². The standard InChI is InChI=1S/C14H13BrN2O2S/c1-9(2)10-4-3-5-11(14(15)18)12(10)8-19-13-6-7-17(20)16-13/h3-7,20H,1,8H2,2H3. The lowest BCUT2D eigenvalue weighted by atomic mass is 9.98. The number of ether oxygens (including phenoxy) is 1. The van der Waals surface area contributed by atoms with Crippen LogP contribution in [-0.4, -0.2) is 13.9 Å². The molecule has 0 N–H and O–H groups in total. The Morgan fingerprint density at radius 3 is 2.70 bits per heavy atom. The van der Waals surface area contributed by atoms with Crippen molar-refractivity contribution in [1.29, 1.82) is 0 Å². The second-order valence-corrected chi connectivity index (χ2v) is 5.38. The van der Waals surface area contributed by atoms with Crippen molar-refractivity contribution in [3.05, 3.63) is 53.7 Å². The highest BCUT2D eigenvalue weighted by Crippen LogP contribution is 2.24. The molecule has 2 rings (SSSR count). The van der Waals surface area contributed by atoms with Gasteiger partial charge >= 0.3 is 0 Å². The normalized spacial score (nSPS) is 10.3. The van der Waals surface area contributed by atoms with Gasteiger partial charge in [0.15, 0.2) is 0 Å². The highest BCUT2D eigenvalue weighted by molar-refractivity contribution is 9.18. The molecule has 1 heterocycles. The second-order valence-electron chi connectivity index (χ2n) is 4.25. The van der Waals surface area contributed by atoms with Crippen molar-refractivity contribution >= 4 is 39.0 Å². The molecule has 0 bridgehead atoms. The van der Waals surface area contributed by atoms with E-state index in [9.17, 15) is 4.79 Å². The molecule has 0 aliphatic rings. The van der Waals surface area contributed by atoms with Crippen LogP contribution >= 0.6 is 28.7 Å². The first-order valence-electron chi connectivity index (χ1n) is 5.84. The zero-order valence-corrected chi connectivity index (χ0v) is 13.3. The molecule has 2 aromatic rings. The van der Waals surface area contributed by atoms with Crippen molar-refractivity contribution in [2.24, 2.45) is 0 Å². The Labute approximate surface area is 131 Å². The summed E-state index contributed by atoms with van der Waals surface area (Å²) in [6, 6.07) is 7.19. The maximum atomic E-state index is 11.7. The molecule has 20 heavy (non-hydrogen) atoms. The molecular weight excluding hydrogens is 340 g/mol. The van der Waals surface area contributed by atoms with Crippen LogP contribution in [0.2, 0.25) is 0 Å². The van der Waals surface area contributed by atoms with Gasteiger partial charge in [-0.25, -0.2) is 4.09 Å². The van der Waals surface area contributed by atoms with Gasteiger partial charge in [-0.05, 0) is 41.2 Å². The molecule has 0 amide bonds. The van der Waals surface area contributed by atoms with Crippen LogP contribution in [0.15, 0.2) is 37.0 Å². The first kappa shape index (κ1) is 14.9. The molecule has 0 unspecified atom stereocenters. The van der Waals surface area contributed by atoms with Crippen molar-refractivity contribution < 1.29 is 9.53 Å². The lowest BCUT2D eigenvalue weighted by Gasteiger charge is -2.13. The summed E-state index contributed by atoms with van der Waals surface area (Å²) in [6.07, 6.45) is 1.67. The molecule has 1 aromatic carbocycles. The fraction of sp³-hybridized carbons (Fsp3) is 0.143. The van der Waals surface area contributed by atoms with Crippen LogP contribution in [0.5, 0.6) is 5.88 Å². The lowest BCUT2D eigenvalue weighted by Crippen LogP contribution is -2.06. The number of thiol groups is 1. The Morgan fingerprint density at radius 1 is 1.45 bits per heavy atom. The second kappa shape index (κ2) is 6.28. The zero-order chi connectivity index (χ0) is 14.7. The fourth-order valence-electron chi connectivity index (χ4n) is 1.85. The molecule has 104 valence electrons. The predicted octanol–water partition coefficient (Wildman–Crippen LogP) is 3.72. The van der Waals surface area contributed by atoms with E-state index < -0.39 is 0 Å².